The van der Waals surface area contributed by atoms with Crippen molar-refractivity contribution in [3.05, 3.63) is 40.8 Å². The molecule has 0 saturated carbocycles. The highest BCUT2D eigenvalue weighted by atomic mass is 32.1. The van der Waals surface area contributed by atoms with Gasteiger partial charge in [-0.1, -0.05) is 11.3 Å². The summed E-state index contributed by atoms with van der Waals surface area (Å²) in [7, 11) is 1.51. The van der Waals surface area contributed by atoms with E-state index >= 15 is 0 Å². The molecule has 36 heavy (non-hydrogen) atoms. The van der Waals surface area contributed by atoms with E-state index in [1.54, 1.807) is 13.8 Å². The maximum Gasteiger partial charge on any atom is 0.420 e. The van der Waals surface area contributed by atoms with Gasteiger partial charge in [-0.3, -0.25) is 0 Å². The van der Waals surface area contributed by atoms with Gasteiger partial charge in [0.05, 0.1) is 42.0 Å². The third-order valence-corrected chi connectivity index (χ3v) is 5.87. The lowest BCUT2D eigenvalue weighted by atomic mass is 10.1. The van der Waals surface area contributed by atoms with E-state index in [1.807, 2.05) is 6.92 Å². The Hall–Kier alpha value is -3.85. The van der Waals surface area contributed by atoms with Crippen molar-refractivity contribution in [2.75, 3.05) is 24.4 Å². The number of amides is 2. The number of urea groups is 1. The lowest BCUT2D eigenvalue weighted by molar-refractivity contribution is -0.137. The number of nitrogens with zero attached hydrogens (tertiary/aromatic N) is 6. The maximum absolute atomic E-state index is 13.8. The molecule has 2 amide bonds. The monoisotopic (exact) mass is 522 g/mol. The Balaban J connectivity index is 1.71. The predicted octanol–water partition coefficient (Wildman–Crippen LogP) is 4.74. The largest absolute Gasteiger partial charge is 0.476 e. The topological polar surface area (TPSA) is 129 Å². The van der Waals surface area contributed by atoms with Crippen molar-refractivity contribution < 1.29 is 27.4 Å². The molecule has 4 aromatic heterocycles. The molecule has 15 heteroatoms. The van der Waals surface area contributed by atoms with E-state index in [0.717, 1.165) is 15.9 Å². The molecule has 0 aromatic carbocycles. The van der Waals surface area contributed by atoms with Crippen LogP contribution in [-0.2, 0) is 10.9 Å². The SMILES string of the molecule is CCOc1nc(-n2nccn2)c(C(F)(F)F)cc1NC(=O)Nc1cnc2sc(C)nc2c1[C@@H](C)OC. The first-order chi connectivity index (χ1) is 17.1. The van der Waals surface area contributed by atoms with Gasteiger partial charge < -0.3 is 20.1 Å². The molecule has 190 valence electrons. The van der Waals surface area contributed by atoms with Crippen LogP contribution in [0.25, 0.3) is 16.2 Å². The summed E-state index contributed by atoms with van der Waals surface area (Å²) in [5.41, 5.74) is -0.0124. The number of halogens is 3. The molecular weight excluding hydrogens is 501 g/mol. The number of aromatic nitrogens is 6. The number of rotatable bonds is 7. The van der Waals surface area contributed by atoms with Crippen LogP contribution in [0.4, 0.5) is 29.3 Å². The first-order valence-electron chi connectivity index (χ1n) is 10.6. The molecule has 0 saturated heterocycles. The molecule has 0 spiro atoms. The van der Waals surface area contributed by atoms with Gasteiger partial charge in [0.15, 0.2) is 5.82 Å². The molecule has 0 unspecified atom stereocenters. The Labute approximate surface area is 206 Å². The van der Waals surface area contributed by atoms with Crippen LogP contribution < -0.4 is 15.4 Å². The van der Waals surface area contributed by atoms with Crippen molar-refractivity contribution >= 4 is 39.1 Å². The molecule has 11 nitrogen and oxygen atoms in total. The number of methoxy groups -OCH3 is 1. The van der Waals surface area contributed by atoms with E-state index in [1.165, 1.54) is 37.0 Å². The lowest BCUT2D eigenvalue weighted by Crippen LogP contribution is -2.23. The zero-order valence-electron chi connectivity index (χ0n) is 19.5. The third kappa shape index (κ3) is 5.06. The molecular formula is C21H21F3N8O3S. The minimum Gasteiger partial charge on any atom is -0.476 e. The van der Waals surface area contributed by atoms with Crippen LogP contribution in [0, 0.1) is 6.92 Å². The average Bonchev–Trinajstić information content (AvgIpc) is 3.48. The summed E-state index contributed by atoms with van der Waals surface area (Å²) in [6.45, 7) is 5.32. The van der Waals surface area contributed by atoms with E-state index in [2.05, 4.69) is 35.8 Å². The van der Waals surface area contributed by atoms with Crippen molar-refractivity contribution in [2.45, 2.75) is 33.1 Å². The highest BCUT2D eigenvalue weighted by Gasteiger charge is 2.37. The van der Waals surface area contributed by atoms with Gasteiger partial charge in [-0.15, -0.1) is 4.80 Å². The van der Waals surface area contributed by atoms with E-state index in [4.69, 9.17) is 9.47 Å². The molecule has 4 heterocycles. The van der Waals surface area contributed by atoms with Gasteiger partial charge in [0.2, 0.25) is 5.88 Å². The number of anilines is 2. The molecule has 0 radical (unpaired) electrons. The van der Waals surface area contributed by atoms with E-state index in [9.17, 15) is 18.0 Å². The van der Waals surface area contributed by atoms with Crippen molar-refractivity contribution in [3.63, 3.8) is 0 Å². The summed E-state index contributed by atoms with van der Waals surface area (Å²) in [5, 5.41) is 13.3. The fraction of sp³-hybridized carbons (Fsp3) is 0.333. The molecule has 0 fully saturated rings. The third-order valence-electron chi connectivity index (χ3n) is 4.99. The lowest BCUT2D eigenvalue weighted by Gasteiger charge is -2.18. The van der Waals surface area contributed by atoms with Crippen LogP contribution in [0.1, 0.15) is 36.1 Å². The number of aryl methyl sites for hydroxylation is 1. The first-order valence-corrected chi connectivity index (χ1v) is 11.4. The van der Waals surface area contributed by atoms with E-state index in [-0.39, 0.29) is 18.2 Å². The van der Waals surface area contributed by atoms with Gasteiger partial charge >= 0.3 is 12.2 Å². The van der Waals surface area contributed by atoms with Crippen molar-refractivity contribution in [2.24, 2.45) is 0 Å². The average molecular weight is 523 g/mol. The number of hydrogen-bond donors (Lipinski definition) is 2. The number of alkyl halides is 3. The van der Waals surface area contributed by atoms with Crippen LogP contribution in [0.2, 0.25) is 0 Å². The van der Waals surface area contributed by atoms with Crippen molar-refractivity contribution in [1.82, 2.24) is 29.9 Å². The molecule has 0 aliphatic carbocycles. The smallest absolute Gasteiger partial charge is 0.420 e. The van der Waals surface area contributed by atoms with Gasteiger partial charge in [0.25, 0.3) is 0 Å². The normalized spacial score (nSPS) is 12.5. The van der Waals surface area contributed by atoms with Gasteiger partial charge in [-0.25, -0.2) is 14.8 Å². The molecule has 4 rings (SSSR count). The summed E-state index contributed by atoms with van der Waals surface area (Å²) < 4.78 is 52.4. The van der Waals surface area contributed by atoms with Gasteiger partial charge in [-0.05, 0) is 26.8 Å². The van der Waals surface area contributed by atoms with E-state index in [0.29, 0.717) is 21.6 Å². The fourth-order valence-electron chi connectivity index (χ4n) is 3.41. The number of nitrogens with one attached hydrogen (secondary N) is 2. The number of pyridine rings is 2. The first kappa shape index (κ1) is 25.2. The van der Waals surface area contributed by atoms with Crippen LogP contribution in [0.15, 0.2) is 24.7 Å². The fourth-order valence-corrected chi connectivity index (χ4v) is 4.19. The number of carbonyl (C=O) groups excluding carboxylic acids is 1. The second-order valence-corrected chi connectivity index (χ2v) is 8.57. The Bertz CT molecular complexity index is 1390. The van der Waals surface area contributed by atoms with Crippen LogP contribution in [0.5, 0.6) is 5.88 Å². The standard InChI is InChI=1S/C21H21F3N8O3S/c1-5-35-18-13(8-12(21(22,23)24)17(31-18)32-26-6-7-27-32)29-20(33)30-14-9-25-19-16(28-11(3)36-19)15(14)10(2)34-4/h6-10H,5H2,1-4H3,(H2,29,30,33)/t10-/m1/s1. The molecule has 0 bridgehead atoms. The Morgan fingerprint density at radius 3 is 2.53 bits per heavy atom. The van der Waals surface area contributed by atoms with Gasteiger partial charge in [0.1, 0.15) is 21.6 Å². The second kappa shape index (κ2) is 10.0. The zero-order valence-corrected chi connectivity index (χ0v) is 20.4. The highest BCUT2D eigenvalue weighted by Crippen LogP contribution is 2.38. The highest BCUT2D eigenvalue weighted by molar-refractivity contribution is 7.18. The number of hydrogen-bond acceptors (Lipinski definition) is 9. The van der Waals surface area contributed by atoms with Crippen molar-refractivity contribution in [1.29, 1.82) is 0 Å². The summed E-state index contributed by atoms with van der Waals surface area (Å²) >= 11 is 1.39. The number of ether oxygens (including phenoxy) is 2. The number of thiazole rings is 1. The predicted molar refractivity (Wildman–Crippen MR) is 126 cm³/mol. The zero-order chi connectivity index (χ0) is 26.0. The molecule has 2 N–H and O–H groups in total. The number of fused-ring (bicyclic) bond motifs is 1. The maximum atomic E-state index is 13.8. The molecule has 4 aromatic rings. The molecule has 0 aliphatic heterocycles. The Morgan fingerprint density at radius 1 is 1.19 bits per heavy atom. The number of carbonyl (C=O) groups is 1. The quantitative estimate of drug-likeness (QED) is 0.356. The van der Waals surface area contributed by atoms with Gasteiger partial charge in [-0.2, -0.15) is 28.4 Å². The molecule has 0 aliphatic rings. The summed E-state index contributed by atoms with van der Waals surface area (Å²) in [6.07, 6.45) is -1.39. The minimum absolute atomic E-state index is 0.0832. The second-order valence-electron chi connectivity index (χ2n) is 7.39. The summed E-state index contributed by atoms with van der Waals surface area (Å²) in [6, 6.07) is -0.117. The Kier molecular flexibility index (Phi) is 7.03. The van der Waals surface area contributed by atoms with E-state index < -0.39 is 29.7 Å². The molecule has 1 atom stereocenters. The van der Waals surface area contributed by atoms with Crippen molar-refractivity contribution in [3.8, 4) is 11.7 Å². The summed E-state index contributed by atoms with van der Waals surface area (Å²) in [5.74, 6) is -0.825. The van der Waals surface area contributed by atoms with Crippen LogP contribution >= 0.6 is 11.3 Å². The van der Waals surface area contributed by atoms with Crippen LogP contribution in [0.3, 0.4) is 0 Å². The summed E-state index contributed by atoms with van der Waals surface area (Å²) in [4.78, 5) is 27.1. The van der Waals surface area contributed by atoms with Crippen LogP contribution in [-0.4, -0.2) is 49.7 Å². The minimum atomic E-state index is -4.81. The Morgan fingerprint density at radius 2 is 1.89 bits per heavy atom. The van der Waals surface area contributed by atoms with Gasteiger partial charge in [0, 0.05) is 12.7 Å².